The van der Waals surface area contributed by atoms with E-state index >= 15 is 0 Å². The summed E-state index contributed by atoms with van der Waals surface area (Å²) in [5.74, 6) is -0.432. The molecule has 2 N–H and O–H groups in total. The monoisotopic (exact) mass is 264 g/mol. The first-order valence-electron chi connectivity index (χ1n) is 6.10. The first-order chi connectivity index (χ1) is 8.93. The van der Waals surface area contributed by atoms with Gasteiger partial charge in [-0.3, -0.25) is 9.59 Å². The Kier molecular flexibility index (Phi) is 5.36. The number of rotatable bonds is 5. The van der Waals surface area contributed by atoms with Gasteiger partial charge in [-0.1, -0.05) is 19.1 Å². The third-order valence-electron chi connectivity index (χ3n) is 3.01. The van der Waals surface area contributed by atoms with E-state index in [0.29, 0.717) is 12.1 Å². The lowest BCUT2D eigenvalue weighted by Gasteiger charge is -2.18. The maximum absolute atomic E-state index is 11.9. The zero-order valence-electron chi connectivity index (χ0n) is 11.6. The summed E-state index contributed by atoms with van der Waals surface area (Å²) in [4.78, 5) is 24.4. The van der Waals surface area contributed by atoms with Gasteiger partial charge in [0.25, 0.3) is 0 Å². The van der Waals surface area contributed by atoms with Gasteiger partial charge in [0.15, 0.2) is 0 Å². The lowest BCUT2D eigenvalue weighted by atomic mass is 9.97. The number of carbonyl (C=O) groups is 2. The fourth-order valence-corrected chi connectivity index (χ4v) is 1.71. The van der Waals surface area contributed by atoms with Gasteiger partial charge in [0, 0.05) is 19.2 Å². The summed E-state index contributed by atoms with van der Waals surface area (Å²) in [5, 5.41) is 0. The van der Waals surface area contributed by atoms with Gasteiger partial charge in [0.1, 0.15) is 6.54 Å². The number of hydrogen-bond acceptors (Lipinski definition) is 4. The summed E-state index contributed by atoms with van der Waals surface area (Å²) < 4.78 is 4.53. The van der Waals surface area contributed by atoms with E-state index in [1.54, 1.807) is 7.05 Å². The molecule has 19 heavy (non-hydrogen) atoms. The number of benzene rings is 1. The standard InChI is InChI=1S/C14H20N2O3/c1-10(11-4-6-12(15)7-5-11)8-13(17)16(2)9-14(18)19-3/h4-7,10H,8-9,15H2,1-3H3. The Labute approximate surface area is 113 Å². The molecule has 104 valence electrons. The molecule has 0 radical (unpaired) electrons. The van der Waals surface area contributed by atoms with Gasteiger partial charge < -0.3 is 15.4 Å². The minimum absolute atomic E-state index is 0.0240. The zero-order chi connectivity index (χ0) is 14.4. The molecule has 0 aliphatic rings. The second-order valence-electron chi connectivity index (χ2n) is 4.60. The number of esters is 1. The Morgan fingerprint density at radius 3 is 2.42 bits per heavy atom. The highest BCUT2D eigenvalue weighted by molar-refractivity contribution is 5.82. The van der Waals surface area contributed by atoms with Gasteiger partial charge >= 0.3 is 5.97 Å². The summed E-state index contributed by atoms with van der Waals surface area (Å²) in [6.45, 7) is 1.94. The van der Waals surface area contributed by atoms with E-state index in [1.165, 1.54) is 12.0 Å². The van der Waals surface area contributed by atoms with E-state index in [9.17, 15) is 9.59 Å². The van der Waals surface area contributed by atoms with E-state index < -0.39 is 5.97 Å². The quantitative estimate of drug-likeness (QED) is 0.644. The number of carbonyl (C=O) groups excluding carboxylic acids is 2. The lowest BCUT2D eigenvalue weighted by molar-refractivity contribution is -0.146. The molecule has 1 atom stereocenters. The molecule has 5 nitrogen and oxygen atoms in total. The van der Waals surface area contributed by atoms with Crippen LogP contribution < -0.4 is 5.73 Å². The van der Waals surface area contributed by atoms with Crippen molar-refractivity contribution < 1.29 is 14.3 Å². The van der Waals surface area contributed by atoms with E-state index in [4.69, 9.17) is 5.73 Å². The zero-order valence-corrected chi connectivity index (χ0v) is 11.6. The SMILES string of the molecule is COC(=O)CN(C)C(=O)CC(C)c1ccc(N)cc1. The Bertz CT molecular complexity index is 443. The highest BCUT2D eigenvalue weighted by Gasteiger charge is 2.17. The van der Waals surface area contributed by atoms with Crippen molar-refractivity contribution in [1.82, 2.24) is 4.90 Å². The van der Waals surface area contributed by atoms with Crippen molar-refractivity contribution in [2.45, 2.75) is 19.3 Å². The summed E-state index contributed by atoms with van der Waals surface area (Å²) in [6, 6.07) is 7.45. The normalized spacial score (nSPS) is 11.7. The number of amides is 1. The molecule has 1 aromatic rings. The van der Waals surface area contributed by atoms with E-state index in [0.717, 1.165) is 5.56 Å². The van der Waals surface area contributed by atoms with Crippen molar-refractivity contribution in [3.05, 3.63) is 29.8 Å². The smallest absolute Gasteiger partial charge is 0.325 e. The number of hydrogen-bond donors (Lipinski definition) is 1. The van der Waals surface area contributed by atoms with Crippen LogP contribution >= 0.6 is 0 Å². The maximum Gasteiger partial charge on any atom is 0.325 e. The van der Waals surface area contributed by atoms with Crippen LogP contribution in [-0.4, -0.2) is 37.5 Å². The number of likely N-dealkylation sites (N-methyl/N-ethyl adjacent to an activating group) is 1. The first-order valence-corrected chi connectivity index (χ1v) is 6.10. The molecule has 0 fully saturated rings. The van der Waals surface area contributed by atoms with Crippen molar-refractivity contribution in [3.8, 4) is 0 Å². The molecular weight excluding hydrogens is 244 g/mol. The highest BCUT2D eigenvalue weighted by Crippen LogP contribution is 2.20. The molecular formula is C14H20N2O3. The van der Waals surface area contributed by atoms with Crippen LogP contribution in [0.25, 0.3) is 0 Å². The number of nitrogens with zero attached hydrogens (tertiary/aromatic N) is 1. The van der Waals surface area contributed by atoms with Crippen LogP contribution in [-0.2, 0) is 14.3 Å². The Balaban J connectivity index is 2.56. The van der Waals surface area contributed by atoms with Crippen molar-refractivity contribution >= 4 is 17.6 Å². The molecule has 1 amide bonds. The van der Waals surface area contributed by atoms with Crippen molar-refractivity contribution in [2.75, 3.05) is 26.4 Å². The number of methoxy groups -OCH3 is 1. The third kappa shape index (κ3) is 4.62. The summed E-state index contributed by atoms with van der Waals surface area (Å²) >= 11 is 0. The van der Waals surface area contributed by atoms with E-state index in [-0.39, 0.29) is 18.4 Å². The van der Waals surface area contributed by atoms with E-state index in [1.807, 2.05) is 31.2 Å². The van der Waals surface area contributed by atoms with Gasteiger partial charge in [-0.25, -0.2) is 0 Å². The van der Waals surface area contributed by atoms with Gasteiger partial charge in [-0.05, 0) is 23.6 Å². The van der Waals surface area contributed by atoms with Crippen molar-refractivity contribution in [2.24, 2.45) is 0 Å². The third-order valence-corrected chi connectivity index (χ3v) is 3.01. The van der Waals surface area contributed by atoms with Crippen LogP contribution in [0.3, 0.4) is 0 Å². The Morgan fingerprint density at radius 1 is 1.32 bits per heavy atom. The molecule has 0 saturated carbocycles. The Hall–Kier alpha value is -2.04. The highest BCUT2D eigenvalue weighted by atomic mass is 16.5. The largest absolute Gasteiger partial charge is 0.468 e. The van der Waals surface area contributed by atoms with Gasteiger partial charge in [0.2, 0.25) is 5.91 Å². The summed E-state index contributed by atoms with van der Waals surface area (Å²) in [5.41, 5.74) is 7.37. The number of ether oxygens (including phenoxy) is 1. The summed E-state index contributed by atoms with van der Waals surface area (Å²) in [7, 11) is 2.90. The van der Waals surface area contributed by atoms with Gasteiger partial charge in [0.05, 0.1) is 7.11 Å². The van der Waals surface area contributed by atoms with Crippen molar-refractivity contribution in [1.29, 1.82) is 0 Å². The molecule has 1 unspecified atom stereocenters. The topological polar surface area (TPSA) is 72.6 Å². The predicted octanol–water partition coefficient (Wildman–Crippen LogP) is 1.39. The minimum Gasteiger partial charge on any atom is -0.468 e. The van der Waals surface area contributed by atoms with Gasteiger partial charge in [-0.15, -0.1) is 0 Å². The maximum atomic E-state index is 11.9. The van der Waals surface area contributed by atoms with E-state index in [2.05, 4.69) is 4.74 Å². The van der Waals surface area contributed by atoms with Crippen LogP contribution in [0.2, 0.25) is 0 Å². The molecule has 0 bridgehead atoms. The second-order valence-corrected chi connectivity index (χ2v) is 4.60. The fourth-order valence-electron chi connectivity index (χ4n) is 1.71. The molecule has 0 spiro atoms. The molecule has 0 heterocycles. The molecule has 0 aliphatic heterocycles. The average molecular weight is 264 g/mol. The lowest BCUT2D eigenvalue weighted by Crippen LogP contribution is -2.33. The van der Waals surface area contributed by atoms with Crippen LogP contribution in [0.4, 0.5) is 5.69 Å². The molecule has 1 aromatic carbocycles. The molecule has 5 heteroatoms. The average Bonchev–Trinajstić information content (AvgIpc) is 2.38. The molecule has 1 rings (SSSR count). The second kappa shape index (κ2) is 6.78. The van der Waals surface area contributed by atoms with Crippen LogP contribution in [0.5, 0.6) is 0 Å². The van der Waals surface area contributed by atoms with Crippen molar-refractivity contribution in [3.63, 3.8) is 0 Å². The minimum atomic E-state index is -0.420. The Morgan fingerprint density at radius 2 is 1.89 bits per heavy atom. The van der Waals surface area contributed by atoms with Gasteiger partial charge in [-0.2, -0.15) is 0 Å². The predicted molar refractivity (Wildman–Crippen MR) is 73.5 cm³/mol. The molecule has 0 aromatic heterocycles. The molecule has 0 aliphatic carbocycles. The number of nitrogen functional groups attached to an aromatic ring is 1. The van der Waals surface area contributed by atoms with Crippen LogP contribution in [0.1, 0.15) is 24.8 Å². The fraction of sp³-hybridized carbons (Fsp3) is 0.429. The first kappa shape index (κ1) is 15.0. The number of nitrogens with two attached hydrogens (primary N) is 1. The number of anilines is 1. The van der Waals surface area contributed by atoms with Crippen LogP contribution in [0.15, 0.2) is 24.3 Å². The molecule has 0 saturated heterocycles. The summed E-state index contributed by atoms with van der Waals surface area (Å²) in [6.07, 6.45) is 0.345. The van der Waals surface area contributed by atoms with Crippen LogP contribution in [0, 0.1) is 0 Å².